The lowest BCUT2D eigenvalue weighted by molar-refractivity contribution is 0.00874. The molecule has 0 aromatic heterocycles. The first-order valence-electron chi connectivity index (χ1n) is 10.5. The first-order valence-corrected chi connectivity index (χ1v) is 10.5. The predicted molar refractivity (Wildman–Crippen MR) is 120 cm³/mol. The van der Waals surface area contributed by atoms with Gasteiger partial charge in [0.2, 0.25) is 0 Å². The van der Waals surface area contributed by atoms with Crippen molar-refractivity contribution in [1.29, 1.82) is 0 Å². The Bertz CT molecular complexity index is 1120. The number of nitrogens with one attached hydrogen (secondary N) is 3. The summed E-state index contributed by atoms with van der Waals surface area (Å²) in [7, 11) is 0. The Kier molecular flexibility index (Phi) is 5.62. The molecule has 2 heterocycles. The molecule has 2 saturated heterocycles. The van der Waals surface area contributed by atoms with Crippen LogP contribution in [0.25, 0.3) is 10.8 Å². The number of anilines is 2. The van der Waals surface area contributed by atoms with Crippen molar-refractivity contribution in [2.75, 3.05) is 23.8 Å². The van der Waals surface area contributed by atoms with Gasteiger partial charge in [-0.3, -0.25) is 5.32 Å². The van der Waals surface area contributed by atoms with Gasteiger partial charge in [-0.15, -0.1) is 0 Å². The molecule has 0 bridgehead atoms. The van der Waals surface area contributed by atoms with Crippen LogP contribution in [-0.2, 0) is 14.2 Å². The molecule has 0 unspecified atom stereocenters. The lowest BCUT2D eigenvalue weighted by Crippen LogP contribution is -2.46. The van der Waals surface area contributed by atoms with Crippen LogP contribution in [0.15, 0.2) is 72.8 Å². The number of carbonyl (C=O) groups is 2. The van der Waals surface area contributed by atoms with Gasteiger partial charge in [-0.1, -0.05) is 54.6 Å². The van der Waals surface area contributed by atoms with Crippen molar-refractivity contribution in [3.05, 3.63) is 72.8 Å². The molecule has 2 fully saturated rings. The smallest absolute Gasteiger partial charge is 0.412 e. The van der Waals surface area contributed by atoms with E-state index < -0.39 is 18.3 Å². The second kappa shape index (κ2) is 8.86. The molecular formula is C24H23N3O5. The number of carbonyl (C=O) groups excluding carboxylic acids is 2. The Morgan fingerprint density at radius 2 is 1.56 bits per heavy atom. The van der Waals surface area contributed by atoms with Crippen LogP contribution in [0.1, 0.15) is 0 Å². The zero-order valence-corrected chi connectivity index (χ0v) is 17.2. The van der Waals surface area contributed by atoms with Crippen LogP contribution >= 0.6 is 0 Å². The quantitative estimate of drug-likeness (QED) is 0.582. The fraction of sp³-hybridized carbons (Fsp3) is 0.250. The number of fused-ring (bicyclic) bond motifs is 2. The van der Waals surface area contributed by atoms with E-state index in [1.165, 1.54) is 0 Å². The summed E-state index contributed by atoms with van der Waals surface area (Å²) in [5.41, 5.74) is 1.37. The molecule has 32 heavy (non-hydrogen) atoms. The maximum Gasteiger partial charge on any atom is 0.412 e. The van der Waals surface area contributed by atoms with Gasteiger partial charge in [-0.05, 0) is 23.6 Å². The Morgan fingerprint density at radius 1 is 0.812 bits per heavy atom. The lowest BCUT2D eigenvalue weighted by atomic mass is 10.1. The summed E-state index contributed by atoms with van der Waals surface area (Å²) in [6.45, 7) is 0.485. The summed E-state index contributed by atoms with van der Waals surface area (Å²) >= 11 is 0. The van der Waals surface area contributed by atoms with Crippen LogP contribution in [0.3, 0.4) is 0 Å². The van der Waals surface area contributed by atoms with Gasteiger partial charge in [-0.2, -0.15) is 0 Å². The molecule has 0 spiro atoms. The minimum Gasteiger partial charge on any atom is -0.441 e. The fourth-order valence-corrected chi connectivity index (χ4v) is 4.16. The van der Waals surface area contributed by atoms with Gasteiger partial charge in [-0.25, -0.2) is 9.59 Å². The van der Waals surface area contributed by atoms with Crippen LogP contribution in [0.5, 0.6) is 0 Å². The molecule has 3 amide bonds. The molecule has 3 aromatic rings. The average molecular weight is 433 g/mol. The monoisotopic (exact) mass is 433 g/mol. The number of amides is 3. The number of hydrogen-bond acceptors (Lipinski definition) is 5. The van der Waals surface area contributed by atoms with Crippen LogP contribution in [0.2, 0.25) is 0 Å². The predicted octanol–water partition coefficient (Wildman–Crippen LogP) is 3.74. The van der Waals surface area contributed by atoms with Gasteiger partial charge >= 0.3 is 12.1 Å². The van der Waals surface area contributed by atoms with Crippen LogP contribution in [0.4, 0.5) is 21.0 Å². The molecule has 164 valence electrons. The van der Waals surface area contributed by atoms with Gasteiger partial charge < -0.3 is 24.8 Å². The molecule has 5 rings (SSSR count). The van der Waals surface area contributed by atoms with Gasteiger partial charge in [0.15, 0.2) is 6.10 Å². The zero-order chi connectivity index (χ0) is 21.9. The first-order chi connectivity index (χ1) is 15.7. The Labute approximate surface area is 184 Å². The van der Waals surface area contributed by atoms with Gasteiger partial charge in [0.05, 0.1) is 24.9 Å². The van der Waals surface area contributed by atoms with Gasteiger partial charge in [0, 0.05) is 11.1 Å². The molecule has 0 radical (unpaired) electrons. The number of urea groups is 1. The van der Waals surface area contributed by atoms with Crippen molar-refractivity contribution >= 4 is 34.3 Å². The van der Waals surface area contributed by atoms with Crippen molar-refractivity contribution in [1.82, 2.24) is 5.32 Å². The molecule has 2 aliphatic rings. The minimum atomic E-state index is -0.572. The molecule has 3 N–H and O–H groups in total. The summed E-state index contributed by atoms with van der Waals surface area (Å²) < 4.78 is 17.2. The molecule has 0 saturated carbocycles. The van der Waals surface area contributed by atoms with Crippen molar-refractivity contribution in [3.8, 4) is 0 Å². The second-order valence-corrected chi connectivity index (χ2v) is 7.76. The Morgan fingerprint density at radius 3 is 2.44 bits per heavy atom. The van der Waals surface area contributed by atoms with E-state index >= 15 is 0 Å². The third kappa shape index (κ3) is 4.23. The van der Waals surface area contributed by atoms with Crippen LogP contribution in [0, 0.1) is 0 Å². The summed E-state index contributed by atoms with van der Waals surface area (Å²) in [5, 5.41) is 10.4. The van der Waals surface area contributed by atoms with Crippen molar-refractivity contribution in [2.24, 2.45) is 0 Å². The van der Waals surface area contributed by atoms with Crippen LogP contribution < -0.4 is 16.0 Å². The van der Waals surface area contributed by atoms with E-state index in [9.17, 15) is 9.59 Å². The molecule has 3 aromatic carbocycles. The Hall–Kier alpha value is -3.62. The number of para-hydroxylation sites is 1. The van der Waals surface area contributed by atoms with Crippen molar-refractivity contribution in [3.63, 3.8) is 0 Å². The molecule has 8 nitrogen and oxygen atoms in total. The minimum absolute atomic E-state index is 0.205. The highest BCUT2D eigenvalue weighted by Crippen LogP contribution is 2.30. The molecule has 0 aliphatic carbocycles. The average Bonchev–Trinajstić information content (AvgIpc) is 3.38. The van der Waals surface area contributed by atoms with E-state index in [0.717, 1.165) is 10.8 Å². The molecule has 4 atom stereocenters. The van der Waals surface area contributed by atoms with E-state index in [2.05, 4.69) is 16.0 Å². The first kappa shape index (κ1) is 20.3. The molecular weight excluding hydrogens is 410 g/mol. The number of hydrogen-bond donors (Lipinski definition) is 3. The summed E-state index contributed by atoms with van der Waals surface area (Å²) in [6.07, 6.45) is -1.95. The van der Waals surface area contributed by atoms with Gasteiger partial charge in [0.25, 0.3) is 0 Å². The summed E-state index contributed by atoms with van der Waals surface area (Å²) in [6, 6.07) is 22.0. The highest BCUT2D eigenvalue weighted by atomic mass is 16.6. The SMILES string of the molecule is O=C(Nc1ccccc1)N[C@@H]1CO[C@@H]2[C@@H]1OC[C@H]2OC(=O)Nc1cccc2ccccc12. The maximum atomic E-state index is 12.5. The molecule has 8 heteroatoms. The van der Waals surface area contributed by atoms with E-state index in [0.29, 0.717) is 11.4 Å². The zero-order valence-electron chi connectivity index (χ0n) is 17.2. The Balaban J connectivity index is 1.17. The highest BCUT2D eigenvalue weighted by Gasteiger charge is 2.50. The summed E-state index contributed by atoms with van der Waals surface area (Å²) in [5.74, 6) is 0. The number of rotatable bonds is 4. The second-order valence-electron chi connectivity index (χ2n) is 7.76. The standard InChI is InChI=1S/C24H23N3O5/c28-23(25-16-9-2-1-3-10-16)26-19-13-30-22-20(14-31-21(19)22)32-24(29)27-18-12-6-8-15-7-4-5-11-17(15)18/h1-12,19-22H,13-14H2,(H,27,29)(H2,25,26,28)/t19-,20-,21-,22+/m1/s1. The molecule has 2 aliphatic heterocycles. The van der Waals surface area contributed by atoms with E-state index in [-0.39, 0.29) is 31.4 Å². The lowest BCUT2D eigenvalue weighted by Gasteiger charge is -2.18. The topological polar surface area (TPSA) is 97.9 Å². The highest BCUT2D eigenvalue weighted by molar-refractivity contribution is 6.00. The van der Waals surface area contributed by atoms with E-state index in [1.54, 1.807) is 12.1 Å². The van der Waals surface area contributed by atoms with Crippen LogP contribution in [-0.4, -0.2) is 49.7 Å². The number of benzene rings is 3. The maximum absolute atomic E-state index is 12.5. The van der Waals surface area contributed by atoms with Gasteiger partial charge in [0.1, 0.15) is 12.2 Å². The largest absolute Gasteiger partial charge is 0.441 e. The fourth-order valence-electron chi connectivity index (χ4n) is 4.16. The van der Waals surface area contributed by atoms with Crippen molar-refractivity contribution < 1.29 is 23.8 Å². The summed E-state index contributed by atoms with van der Waals surface area (Å²) in [4.78, 5) is 24.8. The normalized spacial score (nSPS) is 24.0. The van der Waals surface area contributed by atoms with E-state index in [1.807, 2.05) is 60.7 Å². The third-order valence-corrected chi connectivity index (χ3v) is 5.64. The van der Waals surface area contributed by atoms with Crippen molar-refractivity contribution in [2.45, 2.75) is 24.4 Å². The third-order valence-electron chi connectivity index (χ3n) is 5.64. The number of ether oxygens (including phenoxy) is 3. The van der Waals surface area contributed by atoms with E-state index in [4.69, 9.17) is 14.2 Å².